The van der Waals surface area contributed by atoms with Crippen LogP contribution < -0.4 is 0 Å². The Balaban J connectivity index is 0. The Morgan fingerprint density at radius 2 is 1.44 bits per heavy atom. The summed E-state index contributed by atoms with van der Waals surface area (Å²) in [5.74, 6) is 0. The number of piperazine rings is 1. The molecule has 0 saturated carbocycles. The molecule has 0 aliphatic carbocycles. The third-order valence-corrected chi connectivity index (χ3v) is 4.84. The summed E-state index contributed by atoms with van der Waals surface area (Å²) in [7, 11) is -2.50. The fourth-order valence-corrected chi connectivity index (χ4v) is 3.29. The van der Waals surface area contributed by atoms with E-state index >= 15 is 0 Å². The van der Waals surface area contributed by atoms with Crippen molar-refractivity contribution in [1.29, 1.82) is 0 Å². The van der Waals surface area contributed by atoms with Crippen LogP contribution in [0.3, 0.4) is 0 Å². The molecule has 1 heterocycles. The maximum absolute atomic E-state index is 12.0. The Morgan fingerprint density at radius 3 is 1.78 bits per heavy atom. The van der Waals surface area contributed by atoms with Crippen LogP contribution in [0.5, 0.6) is 0 Å². The van der Waals surface area contributed by atoms with Crippen molar-refractivity contribution in [2.75, 3.05) is 46.0 Å². The smallest absolute Gasteiger partial charge is 0.269 e. The highest BCUT2D eigenvalue weighted by Gasteiger charge is 2.28. The molecule has 0 radical (unpaired) electrons. The average molecular weight is 280 g/mol. The molecular weight excluding hydrogens is 247 g/mol. The summed E-state index contributed by atoms with van der Waals surface area (Å²) in [6.45, 7) is 19.1. The van der Waals surface area contributed by atoms with Crippen molar-refractivity contribution in [3.8, 4) is 0 Å². The minimum absolute atomic E-state index is 0.530. The normalized spacial score (nSPS) is 19.9. The summed E-state index contributed by atoms with van der Waals surface area (Å²) in [6.07, 6.45) is 0. The summed E-state index contributed by atoms with van der Waals surface area (Å²) in [4.78, 5) is 2.36. The lowest BCUT2D eigenvalue weighted by molar-refractivity contribution is 0.175. The van der Waals surface area contributed by atoms with E-state index in [0.29, 0.717) is 6.61 Å². The highest BCUT2D eigenvalue weighted by molar-refractivity contribution is 7.55. The fourth-order valence-electron chi connectivity index (χ4n) is 1.74. The summed E-state index contributed by atoms with van der Waals surface area (Å²) >= 11 is 0. The van der Waals surface area contributed by atoms with Gasteiger partial charge in [0.25, 0.3) is 7.52 Å². The molecule has 1 aliphatic rings. The van der Waals surface area contributed by atoms with Crippen molar-refractivity contribution in [3.05, 3.63) is 0 Å². The van der Waals surface area contributed by atoms with Gasteiger partial charge in [-0.15, -0.1) is 0 Å². The van der Waals surface area contributed by atoms with Gasteiger partial charge in [0.1, 0.15) is 0 Å². The predicted molar refractivity (Wildman–Crippen MR) is 81.5 cm³/mol. The largest absolute Gasteiger partial charge is 0.318 e. The van der Waals surface area contributed by atoms with Crippen LogP contribution in [-0.4, -0.2) is 55.6 Å². The second-order valence-electron chi connectivity index (χ2n) is 3.61. The third-order valence-electron chi connectivity index (χ3n) is 2.68. The van der Waals surface area contributed by atoms with Crippen molar-refractivity contribution in [3.63, 3.8) is 0 Å². The van der Waals surface area contributed by atoms with Gasteiger partial charge in [-0.05, 0) is 13.5 Å². The molecule has 0 aromatic heterocycles. The van der Waals surface area contributed by atoms with Crippen LogP contribution in [0.1, 0.15) is 41.5 Å². The molecule has 18 heavy (non-hydrogen) atoms. The quantitative estimate of drug-likeness (QED) is 0.737. The van der Waals surface area contributed by atoms with Crippen LogP contribution in [-0.2, 0) is 9.09 Å². The summed E-state index contributed by atoms with van der Waals surface area (Å²) < 4.78 is 19.3. The summed E-state index contributed by atoms with van der Waals surface area (Å²) in [5, 5.41) is 0. The van der Waals surface area contributed by atoms with Gasteiger partial charge in [-0.25, -0.2) is 4.67 Å². The first-order chi connectivity index (χ1) is 8.60. The Morgan fingerprint density at radius 1 is 1.00 bits per heavy atom. The second-order valence-corrected chi connectivity index (χ2v) is 6.04. The molecule has 1 atom stereocenters. The van der Waals surface area contributed by atoms with Gasteiger partial charge in [0.15, 0.2) is 0 Å². The maximum Gasteiger partial charge on any atom is 0.269 e. The number of nitrogens with zero attached hydrogens (tertiary/aromatic N) is 2. The Bertz CT molecular complexity index is 217. The van der Waals surface area contributed by atoms with E-state index in [1.807, 2.05) is 39.3 Å². The van der Waals surface area contributed by atoms with Crippen LogP contribution in [0.4, 0.5) is 0 Å². The van der Waals surface area contributed by atoms with Crippen molar-refractivity contribution in [2.24, 2.45) is 0 Å². The molecule has 0 aromatic rings. The molecule has 1 saturated heterocycles. The van der Waals surface area contributed by atoms with Crippen molar-refractivity contribution in [1.82, 2.24) is 9.57 Å². The standard InChI is InChI=1S/C9H21N2O2P.2C2H6/c1-4-10-6-8-11(9-7-10)14(3,12)13-5-2;2*1-2/h4-9H2,1-3H3;2*1-2H3. The Labute approximate surface area is 114 Å². The molecule has 1 unspecified atom stereocenters. The number of rotatable bonds is 4. The maximum atomic E-state index is 12.0. The van der Waals surface area contributed by atoms with Gasteiger partial charge in [-0.1, -0.05) is 34.6 Å². The molecule has 0 aromatic carbocycles. The molecule has 4 nitrogen and oxygen atoms in total. The number of hydrogen-bond acceptors (Lipinski definition) is 3. The molecule has 1 rings (SSSR count). The molecule has 0 bridgehead atoms. The van der Waals surface area contributed by atoms with E-state index in [1.165, 1.54) is 0 Å². The first-order valence-electron chi connectivity index (χ1n) is 7.30. The molecule has 1 aliphatic heterocycles. The number of likely N-dealkylation sites (N-methyl/N-ethyl adjacent to an activating group) is 1. The highest BCUT2D eigenvalue weighted by Crippen LogP contribution is 2.46. The zero-order valence-corrected chi connectivity index (χ0v) is 14.3. The Hall–Kier alpha value is 0.110. The van der Waals surface area contributed by atoms with Gasteiger partial charge in [0, 0.05) is 32.8 Å². The molecule has 1 fully saturated rings. The van der Waals surface area contributed by atoms with E-state index in [4.69, 9.17) is 4.52 Å². The van der Waals surface area contributed by atoms with E-state index in [-0.39, 0.29) is 0 Å². The highest BCUT2D eigenvalue weighted by atomic mass is 31.2. The van der Waals surface area contributed by atoms with Crippen LogP contribution in [0.2, 0.25) is 0 Å². The third kappa shape index (κ3) is 7.52. The van der Waals surface area contributed by atoms with Crippen molar-refractivity contribution < 1.29 is 9.09 Å². The topological polar surface area (TPSA) is 32.8 Å². The van der Waals surface area contributed by atoms with E-state index in [0.717, 1.165) is 32.7 Å². The minimum atomic E-state index is -2.50. The molecule has 0 amide bonds. The first kappa shape index (κ1) is 20.4. The lowest BCUT2D eigenvalue weighted by Gasteiger charge is -2.36. The Kier molecular flexibility index (Phi) is 13.8. The SMILES string of the molecule is CC.CC.CCOP(C)(=O)N1CCN(CC)CC1. The van der Waals surface area contributed by atoms with E-state index in [2.05, 4.69) is 11.8 Å². The second kappa shape index (κ2) is 12.2. The van der Waals surface area contributed by atoms with Crippen LogP contribution in [0.15, 0.2) is 0 Å². The molecule has 5 heteroatoms. The van der Waals surface area contributed by atoms with Gasteiger partial charge in [0.05, 0.1) is 6.61 Å². The van der Waals surface area contributed by atoms with Crippen molar-refractivity contribution >= 4 is 7.52 Å². The van der Waals surface area contributed by atoms with Gasteiger partial charge in [-0.3, -0.25) is 4.57 Å². The lowest BCUT2D eigenvalue weighted by atomic mass is 10.4. The number of hydrogen-bond donors (Lipinski definition) is 0. The molecular formula is C13H33N2O2P. The van der Waals surface area contributed by atoms with E-state index in [1.54, 1.807) is 6.66 Å². The zero-order valence-electron chi connectivity index (χ0n) is 13.4. The van der Waals surface area contributed by atoms with Gasteiger partial charge < -0.3 is 9.42 Å². The molecule has 112 valence electrons. The predicted octanol–water partition coefficient (Wildman–Crippen LogP) is 3.54. The minimum Gasteiger partial charge on any atom is -0.318 e. The first-order valence-corrected chi connectivity index (χ1v) is 9.32. The lowest BCUT2D eigenvalue weighted by Crippen LogP contribution is -2.44. The zero-order chi connectivity index (χ0) is 14.6. The summed E-state index contributed by atoms with van der Waals surface area (Å²) in [6, 6.07) is 0. The molecule has 0 spiro atoms. The monoisotopic (exact) mass is 280 g/mol. The van der Waals surface area contributed by atoms with E-state index in [9.17, 15) is 4.57 Å². The van der Waals surface area contributed by atoms with E-state index < -0.39 is 7.52 Å². The van der Waals surface area contributed by atoms with Crippen LogP contribution in [0.25, 0.3) is 0 Å². The fraction of sp³-hybridized carbons (Fsp3) is 1.00. The van der Waals surface area contributed by atoms with Gasteiger partial charge in [0.2, 0.25) is 0 Å². The van der Waals surface area contributed by atoms with Crippen LogP contribution >= 0.6 is 7.52 Å². The molecule has 0 N–H and O–H groups in total. The van der Waals surface area contributed by atoms with Gasteiger partial charge in [-0.2, -0.15) is 0 Å². The van der Waals surface area contributed by atoms with Crippen LogP contribution in [0, 0.1) is 0 Å². The average Bonchev–Trinajstić information content (AvgIpc) is 2.43. The van der Waals surface area contributed by atoms with Crippen molar-refractivity contribution in [2.45, 2.75) is 41.5 Å². The van der Waals surface area contributed by atoms with Gasteiger partial charge >= 0.3 is 0 Å². The summed E-state index contributed by atoms with van der Waals surface area (Å²) in [5.41, 5.74) is 0.